The summed E-state index contributed by atoms with van der Waals surface area (Å²) in [7, 11) is 0. The molecule has 0 unspecified atom stereocenters. The second-order valence-electron chi connectivity index (χ2n) is 2.49. The zero-order chi connectivity index (χ0) is 9.68. The van der Waals surface area contributed by atoms with Gasteiger partial charge in [0.1, 0.15) is 5.82 Å². The van der Waals surface area contributed by atoms with Gasteiger partial charge in [0.2, 0.25) is 0 Å². The SMILES string of the molecule is CC(=O)/C=N/Nc1ccc(F)cc1. The average molecular weight is 180 g/mol. The van der Waals surface area contributed by atoms with Crippen LogP contribution in [-0.2, 0) is 4.79 Å². The number of Topliss-reactive ketones (excluding diaryl/α,β-unsaturated/α-hetero) is 1. The molecule has 0 spiro atoms. The normalized spacial score (nSPS) is 10.3. The smallest absolute Gasteiger partial charge is 0.172 e. The second kappa shape index (κ2) is 4.35. The number of halogens is 1. The van der Waals surface area contributed by atoms with Crippen LogP contribution < -0.4 is 5.43 Å². The molecule has 0 aromatic heterocycles. The topological polar surface area (TPSA) is 41.5 Å². The molecule has 1 aromatic carbocycles. The van der Waals surface area contributed by atoms with Crippen LogP contribution >= 0.6 is 0 Å². The highest BCUT2D eigenvalue weighted by Gasteiger charge is 1.90. The van der Waals surface area contributed by atoms with Crippen molar-refractivity contribution in [2.24, 2.45) is 5.10 Å². The van der Waals surface area contributed by atoms with E-state index in [1.165, 1.54) is 31.2 Å². The average Bonchev–Trinajstić information content (AvgIpc) is 2.08. The molecule has 68 valence electrons. The summed E-state index contributed by atoms with van der Waals surface area (Å²) in [6.45, 7) is 1.40. The number of hydrogen-bond donors (Lipinski definition) is 1. The monoisotopic (exact) mass is 180 g/mol. The van der Waals surface area contributed by atoms with Crippen LogP contribution in [0.25, 0.3) is 0 Å². The van der Waals surface area contributed by atoms with Gasteiger partial charge < -0.3 is 0 Å². The van der Waals surface area contributed by atoms with Crippen LogP contribution in [-0.4, -0.2) is 12.0 Å². The molecule has 0 fully saturated rings. The van der Waals surface area contributed by atoms with Crippen molar-refractivity contribution in [2.45, 2.75) is 6.92 Å². The van der Waals surface area contributed by atoms with Gasteiger partial charge in [0.25, 0.3) is 0 Å². The fourth-order valence-electron chi connectivity index (χ4n) is 0.722. The summed E-state index contributed by atoms with van der Waals surface area (Å²) in [5.74, 6) is -0.448. The van der Waals surface area contributed by atoms with Gasteiger partial charge in [-0.1, -0.05) is 0 Å². The number of hydrazone groups is 1. The molecule has 0 aliphatic rings. The van der Waals surface area contributed by atoms with E-state index in [2.05, 4.69) is 10.5 Å². The van der Waals surface area contributed by atoms with Crippen molar-refractivity contribution in [3.05, 3.63) is 30.1 Å². The lowest BCUT2D eigenvalue weighted by molar-refractivity contribution is -0.110. The Morgan fingerprint density at radius 1 is 1.46 bits per heavy atom. The van der Waals surface area contributed by atoms with Crippen molar-refractivity contribution >= 4 is 17.7 Å². The Labute approximate surface area is 75.3 Å². The number of carbonyl (C=O) groups excluding carboxylic acids is 1. The largest absolute Gasteiger partial charge is 0.293 e. The molecule has 0 heterocycles. The first kappa shape index (κ1) is 9.38. The Morgan fingerprint density at radius 3 is 2.62 bits per heavy atom. The fourth-order valence-corrected chi connectivity index (χ4v) is 0.722. The third-order valence-electron chi connectivity index (χ3n) is 1.28. The van der Waals surface area contributed by atoms with E-state index in [4.69, 9.17) is 0 Å². The van der Waals surface area contributed by atoms with Crippen molar-refractivity contribution in [3.8, 4) is 0 Å². The molecule has 0 atom stereocenters. The molecule has 0 radical (unpaired) electrons. The zero-order valence-corrected chi connectivity index (χ0v) is 7.12. The third-order valence-corrected chi connectivity index (χ3v) is 1.28. The Balaban J connectivity index is 2.55. The van der Waals surface area contributed by atoms with Crippen molar-refractivity contribution in [1.29, 1.82) is 0 Å². The summed E-state index contributed by atoms with van der Waals surface area (Å²) in [4.78, 5) is 10.4. The summed E-state index contributed by atoms with van der Waals surface area (Å²) in [6.07, 6.45) is 1.16. The van der Waals surface area contributed by atoms with Gasteiger partial charge in [0, 0.05) is 6.92 Å². The maximum Gasteiger partial charge on any atom is 0.172 e. The highest BCUT2D eigenvalue weighted by molar-refractivity contribution is 6.26. The van der Waals surface area contributed by atoms with Gasteiger partial charge in [-0.25, -0.2) is 4.39 Å². The maximum atomic E-state index is 12.4. The lowest BCUT2D eigenvalue weighted by atomic mass is 10.3. The molecule has 0 saturated heterocycles. The lowest BCUT2D eigenvalue weighted by Gasteiger charge is -1.97. The van der Waals surface area contributed by atoms with Crippen LogP contribution in [0.1, 0.15) is 6.92 Å². The number of benzene rings is 1. The minimum Gasteiger partial charge on any atom is -0.293 e. The minimum absolute atomic E-state index is 0.144. The first-order valence-electron chi connectivity index (χ1n) is 3.73. The van der Waals surface area contributed by atoms with Gasteiger partial charge in [-0.15, -0.1) is 0 Å². The molecular weight excluding hydrogens is 171 g/mol. The van der Waals surface area contributed by atoms with Gasteiger partial charge in [0.15, 0.2) is 5.78 Å². The highest BCUT2D eigenvalue weighted by Crippen LogP contribution is 2.07. The maximum absolute atomic E-state index is 12.4. The van der Waals surface area contributed by atoms with E-state index in [0.29, 0.717) is 5.69 Å². The molecule has 13 heavy (non-hydrogen) atoms. The molecule has 3 nitrogen and oxygen atoms in total. The molecule has 1 N–H and O–H groups in total. The molecule has 4 heteroatoms. The number of hydrogen-bond acceptors (Lipinski definition) is 3. The van der Waals surface area contributed by atoms with Gasteiger partial charge in [-0.3, -0.25) is 10.2 Å². The van der Waals surface area contributed by atoms with E-state index in [1.54, 1.807) is 0 Å². The van der Waals surface area contributed by atoms with E-state index < -0.39 is 0 Å². The predicted octanol–water partition coefficient (Wildman–Crippen LogP) is 1.81. The number of carbonyl (C=O) groups is 1. The number of rotatable bonds is 3. The number of nitrogens with one attached hydrogen (secondary N) is 1. The van der Waals surface area contributed by atoms with Crippen LogP contribution in [0.15, 0.2) is 29.4 Å². The molecular formula is C9H9FN2O. The lowest BCUT2D eigenvalue weighted by Crippen LogP contribution is -1.95. The number of nitrogens with zero attached hydrogens (tertiary/aromatic N) is 1. The first-order chi connectivity index (χ1) is 6.18. The summed E-state index contributed by atoms with van der Waals surface area (Å²) in [6, 6.07) is 5.69. The molecule has 1 aromatic rings. The van der Waals surface area contributed by atoms with Crippen molar-refractivity contribution in [3.63, 3.8) is 0 Å². The van der Waals surface area contributed by atoms with Crippen molar-refractivity contribution < 1.29 is 9.18 Å². The number of anilines is 1. The summed E-state index contributed by atoms with van der Waals surface area (Å²) in [5.41, 5.74) is 3.22. The molecule has 0 saturated carbocycles. The van der Waals surface area contributed by atoms with Crippen molar-refractivity contribution in [2.75, 3.05) is 5.43 Å². The summed E-state index contributed by atoms with van der Waals surface area (Å²) >= 11 is 0. The van der Waals surface area contributed by atoms with Crippen LogP contribution in [0.5, 0.6) is 0 Å². The van der Waals surface area contributed by atoms with E-state index in [0.717, 1.165) is 6.21 Å². The van der Waals surface area contributed by atoms with Gasteiger partial charge >= 0.3 is 0 Å². The quantitative estimate of drug-likeness (QED) is 0.569. The van der Waals surface area contributed by atoms with Gasteiger partial charge in [-0.05, 0) is 24.3 Å². The Bertz CT molecular complexity index is 319. The van der Waals surface area contributed by atoms with E-state index in [1.807, 2.05) is 0 Å². The second-order valence-corrected chi connectivity index (χ2v) is 2.49. The molecule has 0 aliphatic heterocycles. The van der Waals surface area contributed by atoms with Gasteiger partial charge in [0.05, 0.1) is 11.9 Å². The minimum atomic E-state index is -0.305. The number of ketones is 1. The summed E-state index contributed by atoms with van der Waals surface area (Å²) < 4.78 is 12.4. The van der Waals surface area contributed by atoms with Crippen LogP contribution in [0.3, 0.4) is 0 Å². The van der Waals surface area contributed by atoms with Crippen molar-refractivity contribution in [1.82, 2.24) is 0 Å². The Morgan fingerprint density at radius 2 is 2.08 bits per heavy atom. The molecule has 1 rings (SSSR count). The van der Waals surface area contributed by atoms with Crippen LogP contribution in [0.4, 0.5) is 10.1 Å². The fraction of sp³-hybridized carbons (Fsp3) is 0.111. The third kappa shape index (κ3) is 3.46. The molecule has 0 bridgehead atoms. The highest BCUT2D eigenvalue weighted by atomic mass is 19.1. The van der Waals surface area contributed by atoms with E-state index in [9.17, 15) is 9.18 Å². The van der Waals surface area contributed by atoms with Gasteiger partial charge in [-0.2, -0.15) is 5.10 Å². The standard InChI is InChI=1S/C9H9FN2O/c1-7(13)6-11-12-9-4-2-8(10)3-5-9/h2-6,12H,1H3/b11-6+. The Hall–Kier alpha value is -1.71. The first-order valence-corrected chi connectivity index (χ1v) is 3.73. The Kier molecular flexibility index (Phi) is 3.14. The van der Waals surface area contributed by atoms with E-state index in [-0.39, 0.29) is 11.6 Å². The summed E-state index contributed by atoms with van der Waals surface area (Å²) in [5, 5.41) is 3.62. The van der Waals surface area contributed by atoms with Crippen LogP contribution in [0.2, 0.25) is 0 Å². The molecule has 0 amide bonds. The zero-order valence-electron chi connectivity index (χ0n) is 7.12. The predicted molar refractivity (Wildman–Crippen MR) is 49.2 cm³/mol. The van der Waals surface area contributed by atoms with E-state index >= 15 is 0 Å². The molecule has 0 aliphatic carbocycles. The van der Waals surface area contributed by atoms with Crippen LogP contribution in [0, 0.1) is 5.82 Å².